The molecule has 1 amide bonds. The normalized spacial score (nSPS) is 16.1. The van der Waals surface area contributed by atoms with Crippen molar-refractivity contribution in [2.75, 3.05) is 20.8 Å². The Bertz CT molecular complexity index is 1060. The molecule has 160 valence electrons. The Balaban J connectivity index is 1.46. The third-order valence-corrected chi connectivity index (χ3v) is 5.59. The molecule has 4 rings (SSSR count). The van der Waals surface area contributed by atoms with Crippen LogP contribution in [0.5, 0.6) is 11.5 Å². The second-order valence-corrected chi connectivity index (χ2v) is 7.59. The van der Waals surface area contributed by atoms with Gasteiger partial charge in [-0.15, -0.1) is 0 Å². The van der Waals surface area contributed by atoms with Crippen LogP contribution in [0.3, 0.4) is 0 Å². The minimum absolute atomic E-state index is 0.0109. The van der Waals surface area contributed by atoms with Gasteiger partial charge in [-0.1, -0.05) is 30.3 Å². The van der Waals surface area contributed by atoms with Crippen LogP contribution in [0.25, 0.3) is 6.08 Å². The van der Waals surface area contributed by atoms with Gasteiger partial charge >= 0.3 is 0 Å². The van der Waals surface area contributed by atoms with Crippen LogP contribution in [-0.4, -0.2) is 41.4 Å². The third-order valence-electron chi connectivity index (χ3n) is 5.59. The number of hydrogen-bond acceptors (Lipinski definition) is 4. The number of nitrogens with zero attached hydrogens (tertiary/aromatic N) is 3. The molecule has 0 N–H and O–H groups in total. The van der Waals surface area contributed by atoms with Crippen LogP contribution < -0.4 is 9.47 Å². The van der Waals surface area contributed by atoms with Crippen LogP contribution in [0.4, 0.5) is 0 Å². The first-order chi connectivity index (χ1) is 15.2. The van der Waals surface area contributed by atoms with Crippen LogP contribution in [0.2, 0.25) is 0 Å². The average Bonchev–Trinajstić information content (AvgIpc) is 3.47. The molecule has 1 fully saturated rings. The molecule has 0 saturated carbocycles. The number of benzene rings is 2. The Kier molecular flexibility index (Phi) is 6.36. The van der Waals surface area contributed by atoms with Crippen molar-refractivity contribution in [1.82, 2.24) is 14.7 Å². The summed E-state index contributed by atoms with van der Waals surface area (Å²) >= 11 is 0. The maximum Gasteiger partial charge on any atom is 0.247 e. The van der Waals surface area contributed by atoms with Crippen molar-refractivity contribution in [3.8, 4) is 11.5 Å². The SMILES string of the molecule is COc1ccc(OC)c(C2CCCN2C(=O)/C=C/c2cnn(Cc3ccccc3)c2)c1. The molecule has 31 heavy (non-hydrogen) atoms. The number of carbonyl (C=O) groups excluding carboxylic acids is 1. The Labute approximate surface area is 182 Å². The van der Waals surface area contributed by atoms with Crippen LogP contribution in [0.1, 0.15) is 35.6 Å². The molecule has 2 heterocycles. The largest absolute Gasteiger partial charge is 0.497 e. The number of rotatable bonds is 7. The monoisotopic (exact) mass is 417 g/mol. The number of hydrogen-bond donors (Lipinski definition) is 0. The molecule has 0 radical (unpaired) electrons. The highest BCUT2D eigenvalue weighted by Crippen LogP contribution is 2.39. The Morgan fingerprint density at radius 1 is 1.16 bits per heavy atom. The van der Waals surface area contributed by atoms with Crippen molar-refractivity contribution in [2.24, 2.45) is 0 Å². The molecule has 6 heteroatoms. The summed E-state index contributed by atoms with van der Waals surface area (Å²) in [6, 6.07) is 15.9. The lowest BCUT2D eigenvalue weighted by atomic mass is 10.0. The fraction of sp³-hybridized carbons (Fsp3) is 0.280. The van der Waals surface area contributed by atoms with Gasteiger partial charge in [0.05, 0.1) is 33.0 Å². The lowest BCUT2D eigenvalue weighted by Gasteiger charge is -2.25. The molecule has 3 aromatic rings. The third kappa shape index (κ3) is 4.79. The number of likely N-dealkylation sites (tertiary alicyclic amines) is 1. The van der Waals surface area contributed by atoms with Gasteiger partial charge in [0.25, 0.3) is 0 Å². The van der Waals surface area contributed by atoms with E-state index in [1.807, 2.05) is 58.3 Å². The molecule has 1 aliphatic rings. The summed E-state index contributed by atoms with van der Waals surface area (Å²) in [7, 11) is 3.29. The lowest BCUT2D eigenvalue weighted by Crippen LogP contribution is -2.29. The number of aromatic nitrogens is 2. The van der Waals surface area contributed by atoms with Gasteiger partial charge in [0.15, 0.2) is 0 Å². The summed E-state index contributed by atoms with van der Waals surface area (Å²) in [5.74, 6) is 1.52. The van der Waals surface area contributed by atoms with Crippen molar-refractivity contribution in [3.05, 3.63) is 83.7 Å². The van der Waals surface area contributed by atoms with Gasteiger partial charge in [-0.3, -0.25) is 9.48 Å². The fourth-order valence-corrected chi connectivity index (χ4v) is 4.04. The Morgan fingerprint density at radius 2 is 2.00 bits per heavy atom. The molecule has 0 aliphatic carbocycles. The van der Waals surface area contributed by atoms with E-state index in [-0.39, 0.29) is 11.9 Å². The van der Waals surface area contributed by atoms with Crippen LogP contribution >= 0.6 is 0 Å². The van der Waals surface area contributed by atoms with Gasteiger partial charge in [0.1, 0.15) is 11.5 Å². The zero-order valence-electron chi connectivity index (χ0n) is 17.9. The van der Waals surface area contributed by atoms with Crippen LogP contribution in [0, 0.1) is 0 Å². The average molecular weight is 418 g/mol. The maximum atomic E-state index is 13.0. The molecule has 6 nitrogen and oxygen atoms in total. The van der Waals surface area contributed by atoms with Gasteiger partial charge in [-0.25, -0.2) is 0 Å². The molecule has 0 bridgehead atoms. The first-order valence-electron chi connectivity index (χ1n) is 10.4. The van der Waals surface area contributed by atoms with E-state index in [0.717, 1.165) is 42.0 Å². The minimum atomic E-state index is -0.0250. The van der Waals surface area contributed by atoms with E-state index in [4.69, 9.17) is 9.47 Å². The van der Waals surface area contributed by atoms with E-state index in [9.17, 15) is 4.79 Å². The lowest BCUT2D eigenvalue weighted by molar-refractivity contribution is -0.126. The summed E-state index contributed by atoms with van der Waals surface area (Å²) < 4.78 is 12.8. The second kappa shape index (κ2) is 9.51. The fourth-order valence-electron chi connectivity index (χ4n) is 4.04. The molecule has 2 aromatic carbocycles. The molecule has 1 aromatic heterocycles. The highest BCUT2D eigenvalue weighted by molar-refractivity contribution is 5.92. The van der Waals surface area contributed by atoms with Gasteiger partial charge in [-0.05, 0) is 42.7 Å². The summed E-state index contributed by atoms with van der Waals surface area (Å²) in [5.41, 5.74) is 3.07. The molecular formula is C25H27N3O3. The first-order valence-corrected chi connectivity index (χ1v) is 10.4. The zero-order chi connectivity index (χ0) is 21.6. The van der Waals surface area contributed by atoms with E-state index < -0.39 is 0 Å². The first kappa shape index (κ1) is 20.7. The summed E-state index contributed by atoms with van der Waals surface area (Å²) in [5, 5.41) is 4.40. The van der Waals surface area contributed by atoms with Gasteiger partial charge in [-0.2, -0.15) is 5.10 Å². The molecular weight excluding hydrogens is 390 g/mol. The molecule has 1 atom stereocenters. The highest BCUT2D eigenvalue weighted by Gasteiger charge is 2.31. The van der Waals surface area contributed by atoms with E-state index in [1.54, 1.807) is 26.5 Å². The van der Waals surface area contributed by atoms with Crippen molar-refractivity contribution < 1.29 is 14.3 Å². The molecule has 1 unspecified atom stereocenters. The number of methoxy groups -OCH3 is 2. The van der Waals surface area contributed by atoms with E-state index in [0.29, 0.717) is 6.54 Å². The number of carbonyl (C=O) groups is 1. The Morgan fingerprint density at radius 3 is 2.77 bits per heavy atom. The van der Waals surface area contributed by atoms with Gasteiger partial charge in [0, 0.05) is 29.9 Å². The van der Waals surface area contributed by atoms with Crippen LogP contribution in [0.15, 0.2) is 67.0 Å². The zero-order valence-corrected chi connectivity index (χ0v) is 17.9. The van der Waals surface area contributed by atoms with Crippen molar-refractivity contribution in [2.45, 2.75) is 25.4 Å². The van der Waals surface area contributed by atoms with E-state index in [2.05, 4.69) is 17.2 Å². The van der Waals surface area contributed by atoms with Crippen molar-refractivity contribution in [3.63, 3.8) is 0 Å². The van der Waals surface area contributed by atoms with Crippen LogP contribution in [-0.2, 0) is 11.3 Å². The standard InChI is InChI=1S/C25H27N3O3/c1-30-21-11-12-24(31-2)22(15-21)23-9-6-14-28(23)25(29)13-10-20-16-26-27(18-20)17-19-7-4-3-5-8-19/h3-5,7-8,10-13,15-16,18,23H,6,9,14,17H2,1-2H3/b13-10+. The summed E-state index contributed by atoms with van der Waals surface area (Å²) in [6.07, 6.45) is 9.05. The molecule has 1 aliphatic heterocycles. The van der Waals surface area contributed by atoms with Crippen molar-refractivity contribution >= 4 is 12.0 Å². The minimum Gasteiger partial charge on any atom is -0.497 e. The second-order valence-electron chi connectivity index (χ2n) is 7.59. The van der Waals surface area contributed by atoms with Gasteiger partial charge < -0.3 is 14.4 Å². The maximum absolute atomic E-state index is 13.0. The molecule has 1 saturated heterocycles. The summed E-state index contributed by atoms with van der Waals surface area (Å²) in [6.45, 7) is 1.42. The predicted molar refractivity (Wildman–Crippen MR) is 120 cm³/mol. The smallest absolute Gasteiger partial charge is 0.247 e. The predicted octanol–water partition coefficient (Wildman–Crippen LogP) is 4.33. The number of amides is 1. The topological polar surface area (TPSA) is 56.6 Å². The quantitative estimate of drug-likeness (QED) is 0.537. The highest BCUT2D eigenvalue weighted by atomic mass is 16.5. The van der Waals surface area contributed by atoms with E-state index >= 15 is 0 Å². The van der Waals surface area contributed by atoms with Gasteiger partial charge in [0.2, 0.25) is 5.91 Å². The summed E-state index contributed by atoms with van der Waals surface area (Å²) in [4.78, 5) is 14.9. The number of ether oxygens (including phenoxy) is 2. The van der Waals surface area contributed by atoms with Crippen molar-refractivity contribution in [1.29, 1.82) is 0 Å². The van der Waals surface area contributed by atoms with E-state index in [1.165, 1.54) is 5.56 Å². The Hall–Kier alpha value is -3.54. The molecule has 0 spiro atoms.